The summed E-state index contributed by atoms with van der Waals surface area (Å²) in [5, 5.41) is 9.73. The molecule has 104 valence electrons. The van der Waals surface area contributed by atoms with E-state index in [1.54, 1.807) is 18.3 Å². The van der Waals surface area contributed by atoms with Crippen molar-refractivity contribution in [1.29, 1.82) is 0 Å². The van der Waals surface area contributed by atoms with Gasteiger partial charge in [0, 0.05) is 16.7 Å². The van der Waals surface area contributed by atoms with Gasteiger partial charge in [0.05, 0.1) is 5.69 Å². The van der Waals surface area contributed by atoms with E-state index in [9.17, 15) is 5.11 Å². The Labute approximate surface area is 124 Å². The van der Waals surface area contributed by atoms with Crippen LogP contribution in [0.2, 0.25) is 0 Å². The first kappa shape index (κ1) is 14.7. The molecule has 0 aliphatic heterocycles. The molecule has 0 heterocycles. The minimum absolute atomic E-state index is 0.257. The number of unbranched alkanes of at least 4 members (excludes halogenated alkanes) is 1. The summed E-state index contributed by atoms with van der Waals surface area (Å²) >= 11 is 1.83. The highest BCUT2D eigenvalue weighted by Gasteiger charge is 2.01. The van der Waals surface area contributed by atoms with Crippen LogP contribution in [0.1, 0.15) is 25.3 Å². The maximum Gasteiger partial charge on any atom is 0.124 e. The van der Waals surface area contributed by atoms with Crippen molar-refractivity contribution in [2.75, 3.05) is 5.75 Å². The minimum Gasteiger partial charge on any atom is -0.507 e. The van der Waals surface area contributed by atoms with Gasteiger partial charge in [-0.2, -0.15) is 0 Å². The van der Waals surface area contributed by atoms with Crippen molar-refractivity contribution in [3.8, 4) is 5.75 Å². The smallest absolute Gasteiger partial charge is 0.124 e. The summed E-state index contributed by atoms with van der Waals surface area (Å²) in [5.41, 5.74) is 1.69. The number of hydrogen-bond acceptors (Lipinski definition) is 3. The molecule has 2 nitrogen and oxygen atoms in total. The largest absolute Gasteiger partial charge is 0.507 e. The van der Waals surface area contributed by atoms with Crippen LogP contribution < -0.4 is 0 Å². The van der Waals surface area contributed by atoms with E-state index in [2.05, 4.69) is 18.0 Å². The maximum atomic E-state index is 9.73. The number of para-hydroxylation sites is 2. The van der Waals surface area contributed by atoms with Crippen LogP contribution in [0.5, 0.6) is 5.75 Å². The lowest BCUT2D eigenvalue weighted by atomic mass is 10.2. The highest BCUT2D eigenvalue weighted by molar-refractivity contribution is 7.99. The van der Waals surface area contributed by atoms with E-state index in [0.717, 1.165) is 17.0 Å². The van der Waals surface area contributed by atoms with Crippen LogP contribution in [0.4, 0.5) is 5.69 Å². The van der Waals surface area contributed by atoms with E-state index >= 15 is 0 Å². The van der Waals surface area contributed by atoms with Crippen molar-refractivity contribution in [1.82, 2.24) is 0 Å². The Hall–Kier alpha value is -1.74. The lowest BCUT2D eigenvalue weighted by Gasteiger charge is -2.04. The second-order valence-electron chi connectivity index (χ2n) is 4.49. The van der Waals surface area contributed by atoms with Crippen molar-refractivity contribution < 1.29 is 5.11 Å². The van der Waals surface area contributed by atoms with Gasteiger partial charge in [0.1, 0.15) is 5.75 Å². The summed E-state index contributed by atoms with van der Waals surface area (Å²) in [5.74, 6) is 1.37. The van der Waals surface area contributed by atoms with Crippen molar-refractivity contribution in [2.45, 2.75) is 24.7 Å². The molecule has 0 radical (unpaired) electrons. The summed E-state index contributed by atoms with van der Waals surface area (Å²) in [6.45, 7) is 2.20. The van der Waals surface area contributed by atoms with Crippen LogP contribution in [-0.2, 0) is 0 Å². The standard InChI is InChI=1S/C17H19NOS/c1-2-3-12-20-17-11-7-5-9-15(17)18-13-14-8-4-6-10-16(14)19/h4-11,13,19H,2-3,12H2,1H3. The van der Waals surface area contributed by atoms with Gasteiger partial charge in [0.2, 0.25) is 0 Å². The molecule has 0 aliphatic carbocycles. The molecule has 0 saturated heterocycles. The monoisotopic (exact) mass is 285 g/mol. The summed E-state index contributed by atoms with van der Waals surface area (Å²) in [4.78, 5) is 5.70. The number of hydrogen-bond donors (Lipinski definition) is 1. The molecule has 2 aromatic carbocycles. The van der Waals surface area contributed by atoms with Crippen LogP contribution in [0.25, 0.3) is 0 Å². The van der Waals surface area contributed by atoms with Crippen molar-refractivity contribution in [2.24, 2.45) is 4.99 Å². The number of phenolic OH excluding ortho intramolecular Hbond substituents is 1. The Morgan fingerprint density at radius 1 is 1.10 bits per heavy atom. The fourth-order valence-electron chi connectivity index (χ4n) is 1.75. The average Bonchev–Trinajstić information content (AvgIpc) is 2.48. The number of aromatic hydroxyl groups is 1. The molecule has 3 heteroatoms. The number of nitrogens with zero attached hydrogens (tertiary/aromatic N) is 1. The molecular weight excluding hydrogens is 266 g/mol. The molecule has 2 rings (SSSR count). The third-order valence-corrected chi connectivity index (χ3v) is 4.05. The molecule has 0 aliphatic rings. The Balaban J connectivity index is 2.14. The molecule has 0 atom stereocenters. The Morgan fingerprint density at radius 2 is 1.85 bits per heavy atom. The molecule has 0 saturated carbocycles. The first-order valence-electron chi connectivity index (χ1n) is 6.85. The maximum absolute atomic E-state index is 9.73. The highest BCUT2D eigenvalue weighted by Crippen LogP contribution is 2.30. The van der Waals surface area contributed by atoms with Gasteiger partial charge in [-0.15, -0.1) is 11.8 Å². The van der Waals surface area contributed by atoms with Gasteiger partial charge in [-0.3, -0.25) is 4.99 Å². The van der Waals surface area contributed by atoms with Crippen molar-refractivity contribution in [3.63, 3.8) is 0 Å². The minimum atomic E-state index is 0.257. The molecule has 0 bridgehead atoms. The molecule has 0 fully saturated rings. The zero-order valence-corrected chi connectivity index (χ0v) is 12.4. The lowest BCUT2D eigenvalue weighted by Crippen LogP contribution is -1.83. The summed E-state index contributed by atoms with van der Waals surface area (Å²) < 4.78 is 0. The normalized spacial score (nSPS) is 11.1. The zero-order chi connectivity index (χ0) is 14.2. The van der Waals surface area contributed by atoms with Gasteiger partial charge < -0.3 is 5.11 Å². The first-order chi connectivity index (χ1) is 9.81. The number of aliphatic imine (C=N–C) groups is 1. The Morgan fingerprint density at radius 3 is 2.65 bits per heavy atom. The molecule has 1 N–H and O–H groups in total. The summed E-state index contributed by atoms with van der Waals surface area (Å²) in [6.07, 6.45) is 4.13. The van der Waals surface area contributed by atoms with Crippen molar-refractivity contribution in [3.05, 3.63) is 54.1 Å². The quantitative estimate of drug-likeness (QED) is 0.458. The van der Waals surface area contributed by atoms with E-state index < -0.39 is 0 Å². The third kappa shape index (κ3) is 4.14. The summed E-state index contributed by atoms with van der Waals surface area (Å²) in [7, 11) is 0. The molecule has 0 unspecified atom stereocenters. The summed E-state index contributed by atoms with van der Waals surface area (Å²) in [6, 6.07) is 15.3. The van der Waals surface area contributed by atoms with Gasteiger partial charge in [-0.25, -0.2) is 0 Å². The zero-order valence-electron chi connectivity index (χ0n) is 11.6. The number of rotatable bonds is 6. The van der Waals surface area contributed by atoms with Crippen molar-refractivity contribution >= 4 is 23.7 Å². The predicted octanol–water partition coefficient (Wildman–Crippen LogP) is 5.04. The van der Waals surface area contributed by atoms with Gasteiger partial charge in [0.15, 0.2) is 0 Å². The molecule has 0 aromatic heterocycles. The fraction of sp³-hybridized carbons (Fsp3) is 0.235. The molecule has 0 spiro atoms. The second-order valence-corrected chi connectivity index (χ2v) is 5.62. The van der Waals surface area contributed by atoms with Gasteiger partial charge in [0.25, 0.3) is 0 Å². The first-order valence-corrected chi connectivity index (χ1v) is 7.83. The number of benzene rings is 2. The number of phenols is 1. The van der Waals surface area contributed by atoms with Gasteiger partial charge in [-0.1, -0.05) is 37.6 Å². The molecule has 0 amide bonds. The van der Waals surface area contributed by atoms with E-state index in [0.29, 0.717) is 0 Å². The predicted molar refractivity (Wildman–Crippen MR) is 87.4 cm³/mol. The number of thioether (sulfide) groups is 1. The van der Waals surface area contributed by atoms with Crippen LogP contribution in [0.3, 0.4) is 0 Å². The Kier molecular flexibility index (Phi) is 5.69. The Bertz CT molecular complexity index is 581. The fourth-order valence-corrected chi connectivity index (χ4v) is 2.84. The van der Waals surface area contributed by atoms with E-state index in [1.165, 1.54) is 17.7 Å². The third-order valence-electron chi connectivity index (χ3n) is 2.90. The van der Waals surface area contributed by atoms with Crippen LogP contribution in [0, 0.1) is 0 Å². The van der Waals surface area contributed by atoms with Crippen LogP contribution in [-0.4, -0.2) is 17.1 Å². The highest BCUT2D eigenvalue weighted by atomic mass is 32.2. The van der Waals surface area contributed by atoms with Crippen LogP contribution >= 0.6 is 11.8 Å². The van der Waals surface area contributed by atoms with E-state index in [4.69, 9.17) is 0 Å². The van der Waals surface area contributed by atoms with Crippen LogP contribution in [0.15, 0.2) is 58.4 Å². The topological polar surface area (TPSA) is 32.6 Å². The molecular formula is C17H19NOS. The van der Waals surface area contributed by atoms with E-state index in [1.807, 2.05) is 42.1 Å². The lowest BCUT2D eigenvalue weighted by molar-refractivity contribution is 0.474. The molecule has 2 aromatic rings. The average molecular weight is 285 g/mol. The van der Waals surface area contributed by atoms with Gasteiger partial charge >= 0.3 is 0 Å². The SMILES string of the molecule is CCCCSc1ccccc1N=Cc1ccccc1O. The molecule has 20 heavy (non-hydrogen) atoms. The van der Waals surface area contributed by atoms with Gasteiger partial charge in [-0.05, 0) is 36.4 Å². The second kappa shape index (κ2) is 7.75. The van der Waals surface area contributed by atoms with E-state index in [-0.39, 0.29) is 5.75 Å².